The average molecular weight is 412 g/mol. The van der Waals surface area contributed by atoms with Crippen molar-refractivity contribution in [1.82, 2.24) is 24.7 Å². The van der Waals surface area contributed by atoms with Crippen LogP contribution in [0.1, 0.15) is 6.92 Å². The lowest BCUT2D eigenvalue weighted by Crippen LogP contribution is -2.22. The molecular formula is C19H17FN6O2S. The number of hydrogen-bond donors (Lipinski definition) is 3. The van der Waals surface area contributed by atoms with Crippen molar-refractivity contribution in [2.75, 3.05) is 5.32 Å². The Morgan fingerprint density at radius 1 is 1.14 bits per heavy atom. The number of rotatable bonds is 5. The molecule has 0 aliphatic heterocycles. The zero-order valence-electron chi connectivity index (χ0n) is 15.6. The standard InChI is InChI=1S/C19H17FN6O2S/c1-10(17(27)21-13-7-8-14-15(9-13)23-18(28)22-14)29-19-25-24-16(26(19)2)11-3-5-12(20)6-4-11/h3-10H,1-2H3,(H,21,27)(H2,22,23,28)/t10-/m1/s1. The van der Waals surface area contributed by atoms with Crippen molar-refractivity contribution in [3.05, 3.63) is 58.8 Å². The topological polar surface area (TPSA) is 108 Å². The van der Waals surface area contributed by atoms with Crippen molar-refractivity contribution >= 4 is 34.4 Å². The number of imidazole rings is 1. The van der Waals surface area contributed by atoms with Crippen molar-refractivity contribution in [2.45, 2.75) is 17.3 Å². The van der Waals surface area contributed by atoms with Crippen LogP contribution in [0.4, 0.5) is 10.1 Å². The van der Waals surface area contributed by atoms with Crippen molar-refractivity contribution in [2.24, 2.45) is 7.05 Å². The molecule has 10 heteroatoms. The second kappa shape index (κ2) is 7.55. The first kappa shape index (κ1) is 18.9. The van der Waals surface area contributed by atoms with Crippen LogP contribution in [-0.2, 0) is 11.8 Å². The lowest BCUT2D eigenvalue weighted by atomic mass is 10.2. The van der Waals surface area contributed by atoms with E-state index in [1.165, 1.54) is 23.9 Å². The first-order valence-electron chi connectivity index (χ1n) is 8.75. The van der Waals surface area contributed by atoms with Gasteiger partial charge in [-0.15, -0.1) is 10.2 Å². The third-order valence-corrected chi connectivity index (χ3v) is 5.51. The van der Waals surface area contributed by atoms with Gasteiger partial charge in [0.25, 0.3) is 0 Å². The van der Waals surface area contributed by atoms with Gasteiger partial charge in [0, 0.05) is 18.3 Å². The molecule has 1 atom stereocenters. The quantitative estimate of drug-likeness (QED) is 0.437. The fourth-order valence-electron chi connectivity index (χ4n) is 2.83. The van der Waals surface area contributed by atoms with Crippen LogP contribution in [0.25, 0.3) is 22.4 Å². The fraction of sp³-hybridized carbons (Fsp3) is 0.158. The molecule has 4 rings (SSSR count). The number of carbonyl (C=O) groups is 1. The molecule has 0 unspecified atom stereocenters. The van der Waals surface area contributed by atoms with Crippen molar-refractivity contribution in [1.29, 1.82) is 0 Å². The summed E-state index contributed by atoms with van der Waals surface area (Å²) in [6.45, 7) is 1.77. The van der Waals surface area contributed by atoms with Gasteiger partial charge in [0.15, 0.2) is 11.0 Å². The minimum Gasteiger partial charge on any atom is -0.325 e. The Morgan fingerprint density at radius 2 is 1.86 bits per heavy atom. The van der Waals surface area contributed by atoms with Crippen LogP contribution in [0.3, 0.4) is 0 Å². The first-order chi connectivity index (χ1) is 13.9. The van der Waals surface area contributed by atoms with Gasteiger partial charge in [-0.05, 0) is 49.4 Å². The molecule has 0 radical (unpaired) electrons. The molecule has 2 heterocycles. The summed E-state index contributed by atoms with van der Waals surface area (Å²) in [6, 6.07) is 11.1. The SMILES string of the molecule is C[C@@H](Sc1nnc(-c2ccc(F)cc2)n1C)C(=O)Nc1ccc2[nH]c(=O)[nH]c2c1. The highest BCUT2D eigenvalue weighted by atomic mass is 32.2. The van der Waals surface area contributed by atoms with Gasteiger partial charge in [0.05, 0.1) is 16.3 Å². The maximum Gasteiger partial charge on any atom is 0.323 e. The van der Waals surface area contributed by atoms with Crippen LogP contribution in [0.5, 0.6) is 0 Å². The molecule has 0 spiro atoms. The van der Waals surface area contributed by atoms with Crippen LogP contribution in [-0.4, -0.2) is 35.9 Å². The summed E-state index contributed by atoms with van der Waals surface area (Å²) in [4.78, 5) is 29.2. The Bertz CT molecular complexity index is 1240. The second-order valence-electron chi connectivity index (χ2n) is 6.46. The molecule has 0 saturated carbocycles. The van der Waals surface area contributed by atoms with Crippen LogP contribution >= 0.6 is 11.8 Å². The number of nitrogens with zero attached hydrogens (tertiary/aromatic N) is 3. The highest BCUT2D eigenvalue weighted by Gasteiger charge is 2.19. The number of thioether (sulfide) groups is 1. The fourth-order valence-corrected chi connectivity index (χ4v) is 3.65. The van der Waals surface area contributed by atoms with E-state index in [2.05, 4.69) is 25.5 Å². The normalized spacial score (nSPS) is 12.2. The number of hydrogen-bond acceptors (Lipinski definition) is 5. The van der Waals surface area contributed by atoms with E-state index in [4.69, 9.17) is 0 Å². The highest BCUT2D eigenvalue weighted by molar-refractivity contribution is 8.00. The summed E-state index contributed by atoms with van der Waals surface area (Å²) in [5.74, 6) is 0.0539. The van der Waals surface area contributed by atoms with E-state index in [0.717, 1.165) is 5.56 Å². The van der Waals surface area contributed by atoms with Crippen LogP contribution in [0.2, 0.25) is 0 Å². The Morgan fingerprint density at radius 3 is 2.62 bits per heavy atom. The van der Waals surface area contributed by atoms with E-state index in [1.54, 1.807) is 48.9 Å². The van der Waals surface area contributed by atoms with Crippen molar-refractivity contribution < 1.29 is 9.18 Å². The third kappa shape index (κ3) is 3.92. The summed E-state index contributed by atoms with van der Waals surface area (Å²) in [5, 5.41) is 11.3. The Labute approximate surface area is 168 Å². The van der Waals surface area contributed by atoms with E-state index in [9.17, 15) is 14.0 Å². The van der Waals surface area contributed by atoms with Crippen molar-refractivity contribution in [3.8, 4) is 11.4 Å². The van der Waals surface area contributed by atoms with Crippen LogP contribution in [0, 0.1) is 5.82 Å². The van der Waals surface area contributed by atoms with E-state index in [-0.39, 0.29) is 17.4 Å². The second-order valence-corrected chi connectivity index (χ2v) is 7.77. The van der Waals surface area contributed by atoms with Gasteiger partial charge in [-0.2, -0.15) is 0 Å². The minimum absolute atomic E-state index is 0.210. The Balaban J connectivity index is 1.47. The molecule has 2 aromatic carbocycles. The summed E-state index contributed by atoms with van der Waals surface area (Å²) in [6.07, 6.45) is 0. The Hall–Kier alpha value is -3.40. The molecule has 0 fully saturated rings. The molecule has 0 aliphatic carbocycles. The summed E-state index contributed by atoms with van der Waals surface area (Å²) >= 11 is 1.26. The molecule has 3 N–H and O–H groups in total. The molecule has 29 heavy (non-hydrogen) atoms. The first-order valence-corrected chi connectivity index (χ1v) is 9.63. The van der Waals surface area contributed by atoms with Gasteiger partial charge in [-0.25, -0.2) is 9.18 Å². The van der Waals surface area contributed by atoms with E-state index >= 15 is 0 Å². The van der Waals surface area contributed by atoms with Gasteiger partial charge in [0.1, 0.15) is 5.82 Å². The zero-order chi connectivity index (χ0) is 20.5. The van der Waals surface area contributed by atoms with Gasteiger partial charge in [-0.1, -0.05) is 11.8 Å². The smallest absolute Gasteiger partial charge is 0.323 e. The average Bonchev–Trinajstić information content (AvgIpc) is 3.24. The molecule has 148 valence electrons. The minimum atomic E-state index is -0.445. The van der Waals surface area contributed by atoms with E-state index in [1.807, 2.05) is 0 Å². The summed E-state index contributed by atoms with van der Waals surface area (Å²) in [7, 11) is 1.79. The lowest BCUT2D eigenvalue weighted by molar-refractivity contribution is -0.115. The number of H-pyrrole nitrogens is 2. The number of nitrogens with one attached hydrogen (secondary N) is 3. The molecule has 4 aromatic rings. The predicted octanol–water partition coefficient (Wildman–Crippen LogP) is 2.91. The highest BCUT2D eigenvalue weighted by Crippen LogP contribution is 2.26. The number of amides is 1. The molecule has 1 amide bonds. The monoisotopic (exact) mass is 412 g/mol. The molecule has 0 aliphatic rings. The molecule has 8 nitrogen and oxygen atoms in total. The zero-order valence-corrected chi connectivity index (χ0v) is 16.4. The van der Waals surface area contributed by atoms with Crippen LogP contribution in [0.15, 0.2) is 52.4 Å². The lowest BCUT2D eigenvalue weighted by Gasteiger charge is -2.12. The molecule has 2 aromatic heterocycles. The predicted molar refractivity (Wildman–Crippen MR) is 109 cm³/mol. The van der Waals surface area contributed by atoms with Gasteiger partial charge < -0.3 is 19.9 Å². The van der Waals surface area contributed by atoms with E-state index < -0.39 is 5.25 Å². The van der Waals surface area contributed by atoms with Gasteiger partial charge >= 0.3 is 5.69 Å². The number of halogens is 1. The maximum atomic E-state index is 13.1. The summed E-state index contributed by atoms with van der Waals surface area (Å²) in [5.41, 5.74) is 2.30. The van der Waals surface area contributed by atoms with E-state index in [0.29, 0.717) is 27.7 Å². The molecular weight excluding hydrogens is 395 g/mol. The summed E-state index contributed by atoms with van der Waals surface area (Å²) < 4.78 is 14.9. The third-order valence-electron chi connectivity index (χ3n) is 4.37. The molecule has 0 saturated heterocycles. The molecule has 0 bridgehead atoms. The van der Waals surface area contributed by atoms with Gasteiger partial charge in [-0.3, -0.25) is 4.79 Å². The Kier molecular flexibility index (Phi) is 4.93. The van der Waals surface area contributed by atoms with Crippen molar-refractivity contribution in [3.63, 3.8) is 0 Å². The number of fused-ring (bicyclic) bond motifs is 1. The number of carbonyl (C=O) groups excluding carboxylic acids is 1. The van der Waals surface area contributed by atoms with Gasteiger partial charge in [0.2, 0.25) is 5.91 Å². The number of aromatic amines is 2. The number of aromatic nitrogens is 5. The number of anilines is 1. The number of benzene rings is 2. The largest absolute Gasteiger partial charge is 0.325 e. The van der Waals surface area contributed by atoms with Crippen LogP contribution < -0.4 is 11.0 Å². The maximum absolute atomic E-state index is 13.1.